The van der Waals surface area contributed by atoms with Crippen molar-refractivity contribution in [3.05, 3.63) is 65.7 Å². The number of anilines is 1. The van der Waals surface area contributed by atoms with E-state index in [-0.39, 0.29) is 17.9 Å². The Balaban J connectivity index is 1.72. The minimum absolute atomic E-state index is 0.0936. The lowest BCUT2D eigenvalue weighted by Gasteiger charge is -2.23. The summed E-state index contributed by atoms with van der Waals surface area (Å²) >= 11 is 0. The first-order chi connectivity index (χ1) is 12.1. The van der Waals surface area contributed by atoms with Gasteiger partial charge in [0.15, 0.2) is 0 Å². The van der Waals surface area contributed by atoms with Gasteiger partial charge in [-0.1, -0.05) is 43.5 Å². The minimum atomic E-state index is -0.126. The summed E-state index contributed by atoms with van der Waals surface area (Å²) < 4.78 is 0. The summed E-state index contributed by atoms with van der Waals surface area (Å²) in [6.45, 7) is 0. The standard InChI is InChI=1S/C21H24N2O2/c1-23(19-13-6-3-7-14-19)21(25)17-10-8-9-16(15-17)20(24)22-18-11-4-2-5-12-18/h3,6-10,13-15,18H,2,4-5,11-12H2,1H3,(H,22,24). The van der Waals surface area contributed by atoms with E-state index >= 15 is 0 Å². The lowest BCUT2D eigenvalue weighted by atomic mass is 9.95. The molecule has 0 radical (unpaired) electrons. The van der Waals surface area contributed by atoms with E-state index in [4.69, 9.17) is 0 Å². The van der Waals surface area contributed by atoms with E-state index in [0.29, 0.717) is 11.1 Å². The molecule has 2 amide bonds. The fourth-order valence-corrected chi connectivity index (χ4v) is 3.27. The van der Waals surface area contributed by atoms with Crippen LogP contribution in [0.4, 0.5) is 5.69 Å². The van der Waals surface area contributed by atoms with Crippen molar-refractivity contribution < 1.29 is 9.59 Å². The molecule has 3 rings (SSSR count). The van der Waals surface area contributed by atoms with Gasteiger partial charge in [0, 0.05) is 29.9 Å². The normalized spacial score (nSPS) is 14.8. The molecule has 4 nitrogen and oxygen atoms in total. The summed E-state index contributed by atoms with van der Waals surface area (Å²) in [5.41, 5.74) is 1.88. The fraction of sp³-hybridized carbons (Fsp3) is 0.333. The largest absolute Gasteiger partial charge is 0.349 e. The van der Waals surface area contributed by atoms with Gasteiger partial charge in [-0.2, -0.15) is 0 Å². The molecule has 0 saturated heterocycles. The van der Waals surface area contributed by atoms with E-state index in [9.17, 15) is 9.59 Å². The second kappa shape index (κ2) is 7.97. The Morgan fingerprint density at radius 1 is 0.920 bits per heavy atom. The van der Waals surface area contributed by atoms with Gasteiger partial charge < -0.3 is 10.2 Å². The predicted molar refractivity (Wildman–Crippen MR) is 100.0 cm³/mol. The number of hydrogen-bond donors (Lipinski definition) is 1. The maximum Gasteiger partial charge on any atom is 0.258 e. The molecule has 0 unspecified atom stereocenters. The van der Waals surface area contributed by atoms with E-state index in [1.807, 2.05) is 30.3 Å². The Hall–Kier alpha value is -2.62. The fourth-order valence-electron chi connectivity index (χ4n) is 3.27. The molecule has 0 atom stereocenters. The maximum atomic E-state index is 12.7. The molecule has 0 spiro atoms. The molecular weight excluding hydrogens is 312 g/mol. The number of hydrogen-bond acceptors (Lipinski definition) is 2. The van der Waals surface area contributed by atoms with Gasteiger partial charge in [0.2, 0.25) is 0 Å². The van der Waals surface area contributed by atoms with Crippen LogP contribution in [0.1, 0.15) is 52.8 Å². The summed E-state index contributed by atoms with van der Waals surface area (Å²) in [5.74, 6) is -0.220. The van der Waals surface area contributed by atoms with Gasteiger partial charge in [-0.25, -0.2) is 0 Å². The highest BCUT2D eigenvalue weighted by molar-refractivity contribution is 6.07. The third-order valence-electron chi connectivity index (χ3n) is 4.76. The van der Waals surface area contributed by atoms with E-state index in [1.54, 1.807) is 36.2 Å². The number of rotatable bonds is 4. The molecule has 0 aliphatic heterocycles. The van der Waals surface area contributed by atoms with Gasteiger partial charge in [0.05, 0.1) is 0 Å². The highest BCUT2D eigenvalue weighted by Gasteiger charge is 2.18. The molecule has 0 bridgehead atoms. The van der Waals surface area contributed by atoms with Crippen LogP contribution in [-0.4, -0.2) is 24.9 Å². The van der Waals surface area contributed by atoms with Crippen LogP contribution < -0.4 is 10.2 Å². The molecule has 4 heteroatoms. The van der Waals surface area contributed by atoms with Crippen LogP contribution in [0.15, 0.2) is 54.6 Å². The molecule has 25 heavy (non-hydrogen) atoms. The van der Waals surface area contributed by atoms with Gasteiger partial charge in [0.25, 0.3) is 11.8 Å². The van der Waals surface area contributed by atoms with Crippen LogP contribution in [0, 0.1) is 0 Å². The molecule has 1 fully saturated rings. The lowest BCUT2D eigenvalue weighted by Crippen LogP contribution is -2.36. The first-order valence-electron chi connectivity index (χ1n) is 8.89. The van der Waals surface area contributed by atoms with Crippen LogP contribution in [0.2, 0.25) is 0 Å². The average Bonchev–Trinajstić information content (AvgIpc) is 2.68. The highest BCUT2D eigenvalue weighted by Crippen LogP contribution is 2.19. The number of carbonyl (C=O) groups excluding carboxylic acids is 2. The summed E-state index contributed by atoms with van der Waals surface area (Å²) in [4.78, 5) is 26.8. The minimum Gasteiger partial charge on any atom is -0.349 e. The third kappa shape index (κ3) is 4.27. The summed E-state index contributed by atoms with van der Waals surface area (Å²) in [6.07, 6.45) is 5.68. The Morgan fingerprint density at radius 3 is 2.32 bits per heavy atom. The van der Waals surface area contributed by atoms with E-state index < -0.39 is 0 Å². The smallest absolute Gasteiger partial charge is 0.258 e. The Kier molecular flexibility index (Phi) is 5.49. The Labute approximate surface area is 148 Å². The molecule has 2 aromatic rings. The topological polar surface area (TPSA) is 49.4 Å². The quantitative estimate of drug-likeness (QED) is 0.916. The van der Waals surface area contributed by atoms with Crippen LogP contribution in [-0.2, 0) is 0 Å². The van der Waals surface area contributed by atoms with Gasteiger partial charge in [-0.05, 0) is 43.2 Å². The van der Waals surface area contributed by atoms with Crippen LogP contribution in [0.25, 0.3) is 0 Å². The number of nitrogens with one attached hydrogen (secondary N) is 1. The second-order valence-electron chi connectivity index (χ2n) is 6.59. The van der Waals surface area contributed by atoms with Crippen molar-refractivity contribution >= 4 is 17.5 Å². The van der Waals surface area contributed by atoms with Crippen molar-refractivity contribution in [2.75, 3.05) is 11.9 Å². The lowest BCUT2D eigenvalue weighted by molar-refractivity contribution is 0.0927. The van der Waals surface area contributed by atoms with Crippen molar-refractivity contribution in [2.24, 2.45) is 0 Å². The van der Waals surface area contributed by atoms with Gasteiger partial charge >= 0.3 is 0 Å². The van der Waals surface area contributed by atoms with Crippen molar-refractivity contribution in [1.29, 1.82) is 0 Å². The van der Waals surface area contributed by atoms with Gasteiger partial charge in [-0.15, -0.1) is 0 Å². The van der Waals surface area contributed by atoms with Crippen molar-refractivity contribution in [2.45, 2.75) is 38.1 Å². The van der Waals surface area contributed by atoms with E-state index in [0.717, 1.165) is 18.5 Å². The summed E-state index contributed by atoms with van der Waals surface area (Å²) in [6, 6.07) is 16.7. The first-order valence-corrected chi connectivity index (χ1v) is 8.89. The highest BCUT2D eigenvalue weighted by atomic mass is 16.2. The van der Waals surface area contributed by atoms with Crippen LogP contribution in [0.5, 0.6) is 0 Å². The molecule has 130 valence electrons. The van der Waals surface area contributed by atoms with Gasteiger partial charge in [0.1, 0.15) is 0 Å². The van der Waals surface area contributed by atoms with Crippen molar-refractivity contribution in [1.82, 2.24) is 5.32 Å². The number of nitrogens with zero attached hydrogens (tertiary/aromatic N) is 1. The van der Waals surface area contributed by atoms with Gasteiger partial charge in [-0.3, -0.25) is 9.59 Å². The SMILES string of the molecule is CN(C(=O)c1cccc(C(=O)NC2CCCCC2)c1)c1ccccc1. The zero-order valence-electron chi connectivity index (χ0n) is 14.6. The van der Waals surface area contributed by atoms with Crippen LogP contribution >= 0.6 is 0 Å². The second-order valence-corrected chi connectivity index (χ2v) is 6.59. The molecule has 1 aliphatic rings. The first kappa shape index (κ1) is 17.2. The average molecular weight is 336 g/mol. The molecule has 1 N–H and O–H groups in total. The van der Waals surface area contributed by atoms with Crippen molar-refractivity contribution in [3.63, 3.8) is 0 Å². The zero-order valence-corrected chi connectivity index (χ0v) is 14.6. The number of benzene rings is 2. The Morgan fingerprint density at radius 2 is 1.60 bits per heavy atom. The van der Waals surface area contributed by atoms with E-state index in [1.165, 1.54) is 19.3 Å². The molecule has 0 aromatic heterocycles. The Bertz CT molecular complexity index is 737. The zero-order chi connectivity index (χ0) is 17.6. The molecule has 0 heterocycles. The number of amides is 2. The number of para-hydroxylation sites is 1. The summed E-state index contributed by atoms with van der Waals surface area (Å²) in [7, 11) is 1.74. The molecular formula is C21H24N2O2. The maximum absolute atomic E-state index is 12.7. The van der Waals surface area contributed by atoms with E-state index in [2.05, 4.69) is 5.32 Å². The number of carbonyl (C=O) groups is 2. The van der Waals surface area contributed by atoms with Crippen LogP contribution in [0.3, 0.4) is 0 Å². The third-order valence-corrected chi connectivity index (χ3v) is 4.76. The molecule has 1 saturated carbocycles. The monoisotopic (exact) mass is 336 g/mol. The predicted octanol–water partition coefficient (Wildman–Crippen LogP) is 4.03. The van der Waals surface area contributed by atoms with Crippen molar-refractivity contribution in [3.8, 4) is 0 Å². The molecule has 1 aliphatic carbocycles. The summed E-state index contributed by atoms with van der Waals surface area (Å²) in [5, 5.41) is 3.10. The molecule has 2 aromatic carbocycles.